The Morgan fingerprint density at radius 1 is 1.25 bits per heavy atom. The maximum Gasteiger partial charge on any atom is 0.152 e. The molecule has 0 N–H and O–H groups in total. The van der Waals surface area contributed by atoms with Crippen molar-refractivity contribution in [1.29, 1.82) is 0 Å². The van der Waals surface area contributed by atoms with E-state index in [2.05, 4.69) is 6.58 Å². The molecule has 0 aromatic rings. The van der Waals surface area contributed by atoms with E-state index >= 15 is 0 Å². The number of ketones is 1. The lowest BCUT2D eigenvalue weighted by atomic mass is 10.4. The number of hydrogen-bond donors (Lipinski definition) is 0. The molecule has 0 fully saturated rings. The fraction of sp³-hybridized carbons (Fsp3) is 0.300. The van der Waals surface area contributed by atoms with Gasteiger partial charge in [-0.25, -0.2) is 0 Å². The smallest absolute Gasteiger partial charge is 0.152 e. The number of halogens is 1. The lowest BCUT2D eigenvalue weighted by Crippen LogP contribution is -1.76. The molecule has 0 radical (unpaired) electrons. The Hall–Kier alpha value is -0.820. The summed E-state index contributed by atoms with van der Waals surface area (Å²) in [4.78, 5) is 9.96. The van der Waals surface area contributed by atoms with Gasteiger partial charge < -0.3 is 0 Å². The van der Waals surface area contributed by atoms with E-state index in [-0.39, 0.29) is 5.78 Å². The Morgan fingerprint density at radius 2 is 1.67 bits per heavy atom. The first-order chi connectivity index (χ1) is 5.54. The summed E-state index contributed by atoms with van der Waals surface area (Å²) in [5.74, 6) is 0.109. The lowest BCUT2D eigenvalue weighted by Gasteiger charge is -1.72. The van der Waals surface area contributed by atoms with Gasteiger partial charge in [-0.05, 0) is 32.9 Å². The van der Waals surface area contributed by atoms with Gasteiger partial charge in [0, 0.05) is 5.03 Å². The molecule has 0 heterocycles. The summed E-state index contributed by atoms with van der Waals surface area (Å²) < 4.78 is 0. The molecule has 0 aliphatic rings. The van der Waals surface area contributed by atoms with Gasteiger partial charge in [-0.1, -0.05) is 30.3 Å². The molecule has 0 aliphatic carbocycles. The van der Waals surface area contributed by atoms with E-state index < -0.39 is 0 Å². The maximum absolute atomic E-state index is 9.96. The van der Waals surface area contributed by atoms with Crippen LogP contribution in [0.1, 0.15) is 20.8 Å². The Labute approximate surface area is 79.4 Å². The second kappa shape index (κ2) is 10.2. The zero-order valence-corrected chi connectivity index (χ0v) is 8.56. The van der Waals surface area contributed by atoms with Crippen molar-refractivity contribution in [1.82, 2.24) is 0 Å². The monoisotopic (exact) mass is 186 g/mol. The second-order valence-corrected chi connectivity index (χ2v) is 2.54. The van der Waals surface area contributed by atoms with Crippen molar-refractivity contribution in [3.8, 4) is 0 Å². The van der Waals surface area contributed by atoms with Crippen molar-refractivity contribution >= 4 is 17.4 Å². The average Bonchev–Trinajstić information content (AvgIpc) is 1.87. The van der Waals surface area contributed by atoms with Crippen LogP contribution in [0.4, 0.5) is 0 Å². The fourth-order valence-electron chi connectivity index (χ4n) is 0.416. The summed E-state index contributed by atoms with van der Waals surface area (Å²) in [5.41, 5.74) is 0. The third kappa shape index (κ3) is 22.9. The SMILES string of the molecule is C=C(Cl)C=CC.CC=CC(C)=O. The van der Waals surface area contributed by atoms with E-state index in [1.165, 1.54) is 13.0 Å². The molecule has 0 saturated heterocycles. The molecule has 12 heavy (non-hydrogen) atoms. The summed E-state index contributed by atoms with van der Waals surface area (Å²) in [7, 11) is 0. The Morgan fingerprint density at radius 3 is 1.67 bits per heavy atom. The van der Waals surface area contributed by atoms with Gasteiger partial charge >= 0.3 is 0 Å². The number of hydrogen-bond acceptors (Lipinski definition) is 1. The zero-order chi connectivity index (χ0) is 9.98. The van der Waals surface area contributed by atoms with Crippen molar-refractivity contribution in [2.75, 3.05) is 0 Å². The van der Waals surface area contributed by atoms with Crippen LogP contribution >= 0.6 is 11.6 Å². The van der Waals surface area contributed by atoms with Crippen LogP contribution in [-0.2, 0) is 4.79 Å². The van der Waals surface area contributed by atoms with Crippen LogP contribution in [0.2, 0.25) is 0 Å². The summed E-state index contributed by atoms with van der Waals surface area (Å²) in [6.45, 7) is 8.67. The van der Waals surface area contributed by atoms with E-state index in [0.717, 1.165) is 0 Å². The summed E-state index contributed by atoms with van der Waals surface area (Å²) in [6, 6.07) is 0. The molecular formula is C10H15ClO. The lowest BCUT2D eigenvalue weighted by molar-refractivity contribution is -0.112. The Kier molecular flexibility index (Phi) is 11.7. The van der Waals surface area contributed by atoms with Crippen LogP contribution in [0.5, 0.6) is 0 Å². The topological polar surface area (TPSA) is 17.1 Å². The number of carbonyl (C=O) groups excluding carboxylic acids is 1. The molecule has 0 amide bonds. The molecule has 0 aromatic carbocycles. The van der Waals surface area contributed by atoms with Crippen molar-refractivity contribution in [3.05, 3.63) is 35.9 Å². The van der Waals surface area contributed by atoms with Crippen LogP contribution < -0.4 is 0 Å². The van der Waals surface area contributed by atoms with Crippen LogP contribution in [0.15, 0.2) is 35.9 Å². The molecule has 0 atom stereocenters. The molecule has 0 bridgehead atoms. The predicted molar refractivity (Wildman–Crippen MR) is 55.3 cm³/mol. The second-order valence-electron chi connectivity index (χ2n) is 2.06. The van der Waals surface area contributed by atoms with E-state index in [9.17, 15) is 4.79 Å². The molecule has 1 nitrogen and oxygen atoms in total. The van der Waals surface area contributed by atoms with Crippen molar-refractivity contribution in [2.45, 2.75) is 20.8 Å². The van der Waals surface area contributed by atoms with E-state index in [4.69, 9.17) is 11.6 Å². The van der Waals surface area contributed by atoms with Crippen molar-refractivity contribution in [2.24, 2.45) is 0 Å². The largest absolute Gasteiger partial charge is 0.295 e. The fourth-order valence-corrected chi connectivity index (χ4v) is 0.542. The van der Waals surface area contributed by atoms with Crippen LogP contribution in [0.3, 0.4) is 0 Å². The third-order valence-corrected chi connectivity index (χ3v) is 0.875. The van der Waals surface area contributed by atoms with Crippen LogP contribution in [-0.4, -0.2) is 5.78 Å². The molecule has 0 aromatic heterocycles. The molecule has 0 unspecified atom stereocenters. The first kappa shape index (κ1) is 13.7. The molecule has 0 saturated carbocycles. The molecule has 0 aliphatic heterocycles. The molecule has 2 heteroatoms. The summed E-state index contributed by atoms with van der Waals surface area (Å²) in [5, 5.41) is 0.581. The van der Waals surface area contributed by atoms with Crippen LogP contribution in [0, 0.1) is 0 Å². The third-order valence-electron chi connectivity index (χ3n) is 0.749. The van der Waals surface area contributed by atoms with E-state index in [1.807, 2.05) is 19.9 Å². The van der Waals surface area contributed by atoms with Gasteiger partial charge in [0.2, 0.25) is 0 Å². The minimum Gasteiger partial charge on any atom is -0.295 e. The quantitative estimate of drug-likeness (QED) is 0.477. The van der Waals surface area contributed by atoms with Crippen molar-refractivity contribution in [3.63, 3.8) is 0 Å². The molecule has 0 rings (SSSR count). The summed E-state index contributed by atoms with van der Waals surface area (Å²) >= 11 is 5.30. The van der Waals surface area contributed by atoms with Gasteiger partial charge in [-0.3, -0.25) is 4.79 Å². The number of allylic oxidation sites excluding steroid dienone is 5. The molecule has 68 valence electrons. The highest BCUT2D eigenvalue weighted by atomic mass is 35.5. The average molecular weight is 187 g/mol. The van der Waals surface area contributed by atoms with Gasteiger partial charge in [-0.15, -0.1) is 0 Å². The molecule has 0 spiro atoms. The highest BCUT2D eigenvalue weighted by Gasteiger charge is 1.73. The van der Waals surface area contributed by atoms with Gasteiger partial charge in [0.15, 0.2) is 5.78 Å². The standard InChI is InChI=1S/C5H7Cl.C5H8O/c2*1-3-4-5(2)6/h3-4H,2H2,1H3;3-4H,1-2H3. The summed E-state index contributed by atoms with van der Waals surface area (Å²) in [6.07, 6.45) is 6.83. The number of rotatable bonds is 2. The minimum absolute atomic E-state index is 0.109. The first-order valence-corrected chi connectivity index (χ1v) is 4.02. The van der Waals surface area contributed by atoms with E-state index in [0.29, 0.717) is 5.03 Å². The van der Waals surface area contributed by atoms with Gasteiger partial charge in [0.25, 0.3) is 0 Å². The van der Waals surface area contributed by atoms with Gasteiger partial charge in [0.05, 0.1) is 0 Å². The molecular weight excluding hydrogens is 172 g/mol. The first-order valence-electron chi connectivity index (χ1n) is 3.65. The minimum atomic E-state index is 0.109. The Bertz CT molecular complexity index is 168. The highest BCUT2D eigenvalue weighted by molar-refractivity contribution is 6.30. The van der Waals surface area contributed by atoms with Gasteiger partial charge in [0.1, 0.15) is 0 Å². The normalized spacial score (nSPS) is 9.67. The van der Waals surface area contributed by atoms with Gasteiger partial charge in [-0.2, -0.15) is 0 Å². The predicted octanol–water partition coefficient (Wildman–Crippen LogP) is 3.47. The van der Waals surface area contributed by atoms with Crippen LogP contribution in [0.25, 0.3) is 0 Å². The Balaban J connectivity index is 0. The van der Waals surface area contributed by atoms with Crippen molar-refractivity contribution < 1.29 is 4.79 Å². The number of carbonyl (C=O) groups is 1. The maximum atomic E-state index is 9.96. The highest BCUT2D eigenvalue weighted by Crippen LogP contribution is 1.95. The van der Waals surface area contributed by atoms with E-state index in [1.54, 1.807) is 12.2 Å². The zero-order valence-electron chi connectivity index (χ0n) is 7.80.